The highest BCUT2D eigenvalue weighted by Crippen LogP contribution is 2.40. The van der Waals surface area contributed by atoms with E-state index in [1.165, 1.54) is 5.56 Å². The summed E-state index contributed by atoms with van der Waals surface area (Å²) in [7, 11) is 0. The molecule has 0 aliphatic carbocycles. The van der Waals surface area contributed by atoms with Crippen molar-refractivity contribution in [2.45, 2.75) is 18.6 Å². The molecule has 2 heterocycles. The number of ether oxygens (including phenoxy) is 3. The number of hydrogen-bond acceptors (Lipinski definition) is 5. The number of carbonyl (C=O) groups is 1. The number of benzene rings is 2. The zero-order valence-corrected chi connectivity index (χ0v) is 16.2. The van der Waals surface area contributed by atoms with Crippen LogP contribution in [0.25, 0.3) is 0 Å². The SMILES string of the molecule is Cc1ccccc1OCC(=O)N1CCSC(c2ccc3c(c2)OCO3)CC1. The predicted octanol–water partition coefficient (Wildman–Crippen LogP) is 3.81. The minimum atomic E-state index is 0.0465. The van der Waals surface area contributed by atoms with E-state index >= 15 is 0 Å². The van der Waals surface area contributed by atoms with Gasteiger partial charge in [0.05, 0.1) is 0 Å². The Morgan fingerprint density at radius 3 is 2.93 bits per heavy atom. The molecule has 4 rings (SSSR count). The minimum Gasteiger partial charge on any atom is -0.484 e. The lowest BCUT2D eigenvalue weighted by atomic mass is 10.1. The van der Waals surface area contributed by atoms with Gasteiger partial charge in [-0.25, -0.2) is 0 Å². The molecule has 1 saturated heterocycles. The maximum Gasteiger partial charge on any atom is 0.260 e. The maximum atomic E-state index is 12.6. The van der Waals surface area contributed by atoms with Gasteiger partial charge in [-0.05, 0) is 42.7 Å². The van der Waals surface area contributed by atoms with E-state index in [0.717, 1.165) is 48.1 Å². The van der Waals surface area contributed by atoms with Gasteiger partial charge >= 0.3 is 0 Å². The van der Waals surface area contributed by atoms with Crippen molar-refractivity contribution in [2.24, 2.45) is 0 Å². The molecule has 2 aliphatic rings. The van der Waals surface area contributed by atoms with Gasteiger partial charge in [0, 0.05) is 24.1 Å². The Morgan fingerprint density at radius 1 is 1.19 bits per heavy atom. The van der Waals surface area contributed by atoms with E-state index in [1.54, 1.807) is 0 Å². The van der Waals surface area contributed by atoms with Crippen molar-refractivity contribution in [3.8, 4) is 17.2 Å². The van der Waals surface area contributed by atoms with E-state index in [-0.39, 0.29) is 12.5 Å². The van der Waals surface area contributed by atoms with Crippen molar-refractivity contribution < 1.29 is 19.0 Å². The van der Waals surface area contributed by atoms with E-state index in [0.29, 0.717) is 12.0 Å². The Labute approximate surface area is 163 Å². The van der Waals surface area contributed by atoms with Gasteiger partial charge in [-0.1, -0.05) is 24.3 Å². The maximum absolute atomic E-state index is 12.6. The van der Waals surface area contributed by atoms with Gasteiger partial charge in [0.2, 0.25) is 6.79 Å². The van der Waals surface area contributed by atoms with Gasteiger partial charge in [-0.2, -0.15) is 11.8 Å². The van der Waals surface area contributed by atoms with Gasteiger partial charge < -0.3 is 19.1 Å². The highest BCUT2D eigenvalue weighted by atomic mass is 32.2. The molecule has 1 atom stereocenters. The van der Waals surface area contributed by atoms with Crippen LogP contribution < -0.4 is 14.2 Å². The van der Waals surface area contributed by atoms with Crippen molar-refractivity contribution in [1.82, 2.24) is 4.90 Å². The molecule has 0 saturated carbocycles. The first-order chi connectivity index (χ1) is 13.2. The molecule has 0 N–H and O–H groups in total. The number of thioether (sulfide) groups is 1. The number of carbonyl (C=O) groups excluding carboxylic acids is 1. The Kier molecular flexibility index (Phi) is 5.43. The summed E-state index contributed by atoms with van der Waals surface area (Å²) in [6.45, 7) is 3.85. The molecule has 6 heteroatoms. The summed E-state index contributed by atoms with van der Waals surface area (Å²) < 4.78 is 16.6. The molecule has 2 aromatic rings. The fraction of sp³-hybridized carbons (Fsp3) is 0.381. The third kappa shape index (κ3) is 4.16. The number of hydrogen-bond donors (Lipinski definition) is 0. The highest BCUT2D eigenvalue weighted by Gasteiger charge is 2.24. The van der Waals surface area contributed by atoms with Crippen LogP contribution in [0.2, 0.25) is 0 Å². The summed E-state index contributed by atoms with van der Waals surface area (Å²) in [4.78, 5) is 14.5. The molecule has 1 fully saturated rings. The summed E-state index contributed by atoms with van der Waals surface area (Å²) in [5.41, 5.74) is 2.27. The van der Waals surface area contributed by atoms with Crippen LogP contribution in [-0.2, 0) is 4.79 Å². The second-order valence-corrected chi connectivity index (χ2v) is 8.01. The molecular weight excluding hydrogens is 362 g/mol. The average molecular weight is 385 g/mol. The molecule has 0 spiro atoms. The number of aryl methyl sites for hydroxylation is 1. The number of amides is 1. The molecule has 2 aliphatic heterocycles. The Morgan fingerprint density at radius 2 is 2.04 bits per heavy atom. The van der Waals surface area contributed by atoms with Crippen molar-refractivity contribution in [2.75, 3.05) is 32.2 Å². The lowest BCUT2D eigenvalue weighted by Crippen LogP contribution is -2.36. The largest absolute Gasteiger partial charge is 0.484 e. The van der Waals surface area contributed by atoms with E-state index in [9.17, 15) is 4.79 Å². The van der Waals surface area contributed by atoms with Crippen LogP contribution >= 0.6 is 11.8 Å². The second kappa shape index (κ2) is 8.13. The Hall–Kier alpha value is -2.34. The van der Waals surface area contributed by atoms with E-state index in [1.807, 2.05) is 53.9 Å². The molecular formula is C21H23NO4S. The minimum absolute atomic E-state index is 0.0465. The first kappa shape index (κ1) is 18.0. The third-order valence-corrected chi connectivity index (χ3v) is 6.24. The summed E-state index contributed by atoms with van der Waals surface area (Å²) in [6, 6.07) is 13.9. The molecule has 0 radical (unpaired) electrons. The number of fused-ring (bicyclic) bond motifs is 1. The van der Waals surface area contributed by atoms with Crippen molar-refractivity contribution >= 4 is 17.7 Å². The first-order valence-electron chi connectivity index (χ1n) is 9.18. The van der Waals surface area contributed by atoms with Gasteiger partial charge in [-0.15, -0.1) is 0 Å². The van der Waals surface area contributed by atoms with Gasteiger partial charge in [-0.3, -0.25) is 4.79 Å². The molecule has 142 valence electrons. The predicted molar refractivity (Wildman–Crippen MR) is 106 cm³/mol. The topological polar surface area (TPSA) is 48.0 Å². The van der Waals surface area contributed by atoms with Gasteiger partial charge in [0.15, 0.2) is 18.1 Å². The Bertz CT molecular complexity index is 826. The van der Waals surface area contributed by atoms with Crippen LogP contribution in [-0.4, -0.2) is 43.0 Å². The second-order valence-electron chi connectivity index (χ2n) is 6.70. The summed E-state index contributed by atoms with van der Waals surface area (Å²) >= 11 is 1.89. The normalized spacial score (nSPS) is 18.9. The summed E-state index contributed by atoms with van der Waals surface area (Å²) in [5.74, 6) is 3.35. The van der Waals surface area contributed by atoms with Crippen LogP contribution in [0.1, 0.15) is 22.8 Å². The third-order valence-electron chi connectivity index (χ3n) is 4.91. The Balaban J connectivity index is 1.34. The zero-order chi connectivity index (χ0) is 18.6. The van der Waals surface area contributed by atoms with Gasteiger partial charge in [0.25, 0.3) is 5.91 Å². The fourth-order valence-corrected chi connectivity index (χ4v) is 4.57. The molecule has 1 unspecified atom stereocenters. The average Bonchev–Trinajstić information content (AvgIpc) is 3.01. The van der Waals surface area contributed by atoms with Crippen LogP contribution in [0.3, 0.4) is 0 Å². The molecule has 0 aromatic heterocycles. The fourth-order valence-electron chi connectivity index (χ4n) is 3.35. The van der Waals surface area contributed by atoms with Crippen molar-refractivity contribution in [1.29, 1.82) is 0 Å². The standard InChI is InChI=1S/C21H23NO4S/c1-15-4-2-3-5-17(15)24-13-21(23)22-9-8-20(27-11-10-22)16-6-7-18-19(12-16)26-14-25-18/h2-7,12,20H,8-11,13-14H2,1H3. The van der Waals surface area contributed by atoms with Crippen molar-refractivity contribution in [3.63, 3.8) is 0 Å². The highest BCUT2D eigenvalue weighted by molar-refractivity contribution is 7.99. The summed E-state index contributed by atoms with van der Waals surface area (Å²) in [6.07, 6.45) is 0.917. The van der Waals surface area contributed by atoms with E-state index in [4.69, 9.17) is 14.2 Å². The van der Waals surface area contributed by atoms with Crippen LogP contribution in [0.5, 0.6) is 17.2 Å². The van der Waals surface area contributed by atoms with E-state index in [2.05, 4.69) is 12.1 Å². The number of para-hydroxylation sites is 1. The van der Waals surface area contributed by atoms with Crippen LogP contribution in [0.4, 0.5) is 0 Å². The van der Waals surface area contributed by atoms with Crippen molar-refractivity contribution in [3.05, 3.63) is 53.6 Å². The van der Waals surface area contributed by atoms with Crippen LogP contribution in [0, 0.1) is 6.92 Å². The first-order valence-corrected chi connectivity index (χ1v) is 10.2. The van der Waals surface area contributed by atoms with E-state index < -0.39 is 0 Å². The molecule has 0 bridgehead atoms. The molecule has 2 aromatic carbocycles. The monoisotopic (exact) mass is 385 g/mol. The lowest BCUT2D eigenvalue weighted by Gasteiger charge is -2.21. The quantitative estimate of drug-likeness (QED) is 0.801. The number of rotatable bonds is 4. The smallest absolute Gasteiger partial charge is 0.260 e. The molecule has 1 amide bonds. The number of nitrogens with zero attached hydrogens (tertiary/aromatic N) is 1. The van der Waals surface area contributed by atoms with Crippen LogP contribution in [0.15, 0.2) is 42.5 Å². The lowest BCUT2D eigenvalue weighted by molar-refractivity contribution is -0.133. The molecule has 27 heavy (non-hydrogen) atoms. The molecule has 5 nitrogen and oxygen atoms in total. The summed E-state index contributed by atoms with van der Waals surface area (Å²) in [5, 5.41) is 0.356. The van der Waals surface area contributed by atoms with Gasteiger partial charge in [0.1, 0.15) is 5.75 Å². The zero-order valence-electron chi connectivity index (χ0n) is 15.3.